The number of imidazole rings is 1. The Morgan fingerprint density at radius 2 is 2.15 bits per heavy atom. The standard InChI is InChI=1S/C15H18N4O/c1-18-8-7-16-14(18)10-17-12-9-15(20)19(2)13-6-4-3-5-11(12)13/h3-8,12,17H,9-10H2,1-2H3. The number of aryl methyl sites for hydroxylation is 1. The van der Waals surface area contributed by atoms with Crippen molar-refractivity contribution in [1.29, 1.82) is 0 Å². The highest BCUT2D eigenvalue weighted by atomic mass is 16.2. The molecular formula is C15H18N4O. The fraction of sp³-hybridized carbons (Fsp3) is 0.333. The summed E-state index contributed by atoms with van der Waals surface area (Å²) in [6, 6.07) is 8.09. The number of rotatable bonds is 3. The third kappa shape index (κ3) is 2.20. The molecule has 2 aromatic rings. The van der Waals surface area contributed by atoms with Crippen LogP contribution in [0.2, 0.25) is 0 Å². The van der Waals surface area contributed by atoms with Crippen LogP contribution in [0.4, 0.5) is 5.69 Å². The summed E-state index contributed by atoms with van der Waals surface area (Å²) in [6.07, 6.45) is 4.19. The van der Waals surface area contributed by atoms with E-state index >= 15 is 0 Å². The number of carbonyl (C=O) groups is 1. The quantitative estimate of drug-likeness (QED) is 0.922. The molecule has 1 atom stereocenters. The first-order chi connectivity index (χ1) is 9.66. The predicted octanol–water partition coefficient (Wildman–Crippen LogP) is 1.62. The summed E-state index contributed by atoms with van der Waals surface area (Å²) >= 11 is 0. The number of hydrogen-bond donors (Lipinski definition) is 1. The van der Waals surface area contributed by atoms with Gasteiger partial charge >= 0.3 is 0 Å². The van der Waals surface area contributed by atoms with E-state index in [4.69, 9.17) is 0 Å². The maximum atomic E-state index is 12.1. The number of anilines is 1. The van der Waals surface area contributed by atoms with E-state index in [9.17, 15) is 4.79 Å². The van der Waals surface area contributed by atoms with Crippen molar-refractivity contribution < 1.29 is 4.79 Å². The molecule has 1 unspecified atom stereocenters. The molecule has 0 saturated carbocycles. The van der Waals surface area contributed by atoms with Crippen LogP contribution in [0.25, 0.3) is 0 Å². The third-order valence-electron chi connectivity index (χ3n) is 3.85. The number of nitrogens with zero attached hydrogens (tertiary/aromatic N) is 3. The van der Waals surface area contributed by atoms with E-state index in [2.05, 4.69) is 16.4 Å². The van der Waals surface area contributed by atoms with Gasteiger partial charge in [-0.05, 0) is 11.6 Å². The highest BCUT2D eigenvalue weighted by Gasteiger charge is 2.28. The van der Waals surface area contributed by atoms with Crippen LogP contribution in [-0.2, 0) is 18.4 Å². The normalized spacial score (nSPS) is 18.2. The first kappa shape index (κ1) is 12.9. The zero-order chi connectivity index (χ0) is 14.1. The molecule has 1 aliphatic heterocycles. The van der Waals surface area contributed by atoms with Crippen LogP contribution in [0.1, 0.15) is 23.9 Å². The van der Waals surface area contributed by atoms with Gasteiger partial charge in [0.15, 0.2) is 0 Å². The SMILES string of the molecule is CN1C(=O)CC(NCc2nccn2C)c2ccccc21. The summed E-state index contributed by atoms with van der Waals surface area (Å²) < 4.78 is 1.98. The van der Waals surface area contributed by atoms with Gasteiger partial charge in [0.25, 0.3) is 0 Å². The number of carbonyl (C=O) groups excluding carboxylic acids is 1. The number of aromatic nitrogens is 2. The van der Waals surface area contributed by atoms with Crippen molar-refractivity contribution in [2.75, 3.05) is 11.9 Å². The minimum absolute atomic E-state index is 0.0478. The van der Waals surface area contributed by atoms with Gasteiger partial charge in [-0.25, -0.2) is 4.98 Å². The number of fused-ring (bicyclic) bond motifs is 1. The highest BCUT2D eigenvalue weighted by molar-refractivity contribution is 5.96. The van der Waals surface area contributed by atoms with Crippen molar-refractivity contribution in [3.05, 3.63) is 48.0 Å². The molecule has 1 aromatic carbocycles. The Morgan fingerprint density at radius 3 is 2.90 bits per heavy atom. The lowest BCUT2D eigenvalue weighted by Gasteiger charge is -2.32. The Morgan fingerprint density at radius 1 is 1.35 bits per heavy atom. The molecule has 20 heavy (non-hydrogen) atoms. The monoisotopic (exact) mass is 270 g/mol. The van der Waals surface area contributed by atoms with Crippen LogP contribution in [0.5, 0.6) is 0 Å². The molecule has 0 radical (unpaired) electrons. The van der Waals surface area contributed by atoms with Crippen LogP contribution in [0.15, 0.2) is 36.7 Å². The van der Waals surface area contributed by atoms with Crippen molar-refractivity contribution in [3.8, 4) is 0 Å². The van der Waals surface area contributed by atoms with Gasteiger partial charge in [0.05, 0.1) is 6.54 Å². The fourth-order valence-corrected chi connectivity index (χ4v) is 2.61. The van der Waals surface area contributed by atoms with Crippen LogP contribution >= 0.6 is 0 Å². The third-order valence-corrected chi connectivity index (χ3v) is 3.85. The molecule has 0 saturated heterocycles. The number of hydrogen-bond acceptors (Lipinski definition) is 3. The van der Waals surface area contributed by atoms with Gasteiger partial charge in [0, 0.05) is 44.6 Å². The molecule has 2 heterocycles. The maximum Gasteiger partial charge on any atom is 0.228 e. The summed E-state index contributed by atoms with van der Waals surface area (Å²) in [5.41, 5.74) is 2.16. The van der Waals surface area contributed by atoms with E-state index in [1.165, 1.54) is 5.56 Å². The largest absolute Gasteiger partial charge is 0.337 e. The van der Waals surface area contributed by atoms with Gasteiger partial charge in [0.1, 0.15) is 5.82 Å². The van der Waals surface area contributed by atoms with Gasteiger partial charge in [-0.1, -0.05) is 18.2 Å². The molecule has 0 spiro atoms. The molecular weight excluding hydrogens is 252 g/mol. The smallest absolute Gasteiger partial charge is 0.228 e. The molecule has 0 fully saturated rings. The van der Waals surface area contributed by atoms with Gasteiger partial charge in [-0.15, -0.1) is 0 Å². The second-order valence-electron chi connectivity index (χ2n) is 5.10. The Kier molecular flexibility index (Phi) is 3.28. The number of nitrogens with one attached hydrogen (secondary N) is 1. The molecule has 1 aliphatic rings. The first-order valence-corrected chi connectivity index (χ1v) is 6.72. The average molecular weight is 270 g/mol. The summed E-state index contributed by atoms with van der Waals surface area (Å²) in [7, 11) is 3.80. The lowest BCUT2D eigenvalue weighted by atomic mass is 9.96. The van der Waals surface area contributed by atoms with Crippen molar-refractivity contribution in [3.63, 3.8) is 0 Å². The maximum absolute atomic E-state index is 12.1. The molecule has 0 aliphatic carbocycles. The summed E-state index contributed by atoms with van der Waals surface area (Å²) in [5.74, 6) is 1.11. The van der Waals surface area contributed by atoms with E-state index < -0.39 is 0 Å². The van der Waals surface area contributed by atoms with E-state index in [-0.39, 0.29) is 11.9 Å². The Bertz CT molecular complexity index is 634. The second kappa shape index (κ2) is 5.09. The molecule has 3 rings (SSSR count). The minimum atomic E-state index is 0.0478. The van der Waals surface area contributed by atoms with E-state index in [1.807, 2.05) is 43.1 Å². The topological polar surface area (TPSA) is 50.2 Å². The van der Waals surface area contributed by atoms with E-state index in [0.717, 1.165) is 11.5 Å². The number of amides is 1. The van der Waals surface area contributed by atoms with Crippen molar-refractivity contribution >= 4 is 11.6 Å². The molecule has 1 N–H and O–H groups in total. The molecule has 1 aromatic heterocycles. The van der Waals surface area contributed by atoms with Crippen molar-refractivity contribution in [2.45, 2.75) is 19.0 Å². The Labute approximate surface area is 118 Å². The van der Waals surface area contributed by atoms with E-state index in [1.54, 1.807) is 11.1 Å². The number of para-hydroxylation sites is 1. The molecule has 5 heteroatoms. The van der Waals surface area contributed by atoms with Crippen LogP contribution in [-0.4, -0.2) is 22.5 Å². The lowest BCUT2D eigenvalue weighted by molar-refractivity contribution is -0.119. The van der Waals surface area contributed by atoms with Crippen molar-refractivity contribution in [2.24, 2.45) is 7.05 Å². The zero-order valence-corrected chi connectivity index (χ0v) is 11.7. The van der Waals surface area contributed by atoms with Gasteiger partial charge in [-0.3, -0.25) is 4.79 Å². The van der Waals surface area contributed by atoms with Gasteiger partial charge < -0.3 is 14.8 Å². The average Bonchev–Trinajstić information content (AvgIpc) is 2.87. The second-order valence-corrected chi connectivity index (χ2v) is 5.10. The molecule has 104 valence electrons. The van der Waals surface area contributed by atoms with Crippen LogP contribution < -0.4 is 10.2 Å². The van der Waals surface area contributed by atoms with Crippen LogP contribution in [0.3, 0.4) is 0 Å². The van der Waals surface area contributed by atoms with Gasteiger partial charge in [0.2, 0.25) is 5.91 Å². The van der Waals surface area contributed by atoms with Crippen LogP contribution in [0, 0.1) is 0 Å². The number of benzene rings is 1. The Hall–Kier alpha value is -2.14. The highest BCUT2D eigenvalue weighted by Crippen LogP contribution is 2.33. The summed E-state index contributed by atoms with van der Waals surface area (Å²) in [4.78, 5) is 18.1. The van der Waals surface area contributed by atoms with E-state index in [0.29, 0.717) is 13.0 Å². The fourth-order valence-electron chi connectivity index (χ4n) is 2.61. The minimum Gasteiger partial charge on any atom is -0.337 e. The predicted molar refractivity (Wildman–Crippen MR) is 77.3 cm³/mol. The van der Waals surface area contributed by atoms with Gasteiger partial charge in [-0.2, -0.15) is 0 Å². The summed E-state index contributed by atoms with van der Waals surface area (Å²) in [6.45, 7) is 0.652. The summed E-state index contributed by atoms with van der Waals surface area (Å²) in [5, 5.41) is 3.44. The van der Waals surface area contributed by atoms with Crippen molar-refractivity contribution in [1.82, 2.24) is 14.9 Å². The molecule has 1 amide bonds. The lowest BCUT2D eigenvalue weighted by Crippen LogP contribution is -2.37. The Balaban J connectivity index is 1.82. The molecule has 0 bridgehead atoms. The first-order valence-electron chi connectivity index (χ1n) is 6.72. The zero-order valence-electron chi connectivity index (χ0n) is 11.7. The molecule has 5 nitrogen and oxygen atoms in total.